The van der Waals surface area contributed by atoms with Crippen LogP contribution in [0.3, 0.4) is 0 Å². The number of hydrogen-bond acceptors (Lipinski definition) is 3. The Hall–Kier alpha value is -0.960. The van der Waals surface area contributed by atoms with Crippen molar-refractivity contribution in [2.45, 2.75) is 6.56 Å². The van der Waals surface area contributed by atoms with E-state index in [0.717, 1.165) is 6.33 Å². The summed E-state index contributed by atoms with van der Waals surface area (Å²) in [5.41, 5.74) is -0.122. The molecular weight excluding hydrogens is 116 g/mol. The van der Waals surface area contributed by atoms with Gasteiger partial charge >= 0.3 is 0 Å². The molecule has 0 bridgehead atoms. The minimum absolute atomic E-state index is 0.122. The molecule has 0 radical (unpaired) electrons. The summed E-state index contributed by atoms with van der Waals surface area (Å²) in [5.74, 6) is 0. The van der Waals surface area contributed by atoms with E-state index in [-0.39, 0.29) is 5.69 Å². The average molecular weight is 129 g/mol. The molecule has 0 aromatic carbocycles. The molecule has 0 aliphatic carbocycles. The molecule has 1 heterocycles. The van der Waals surface area contributed by atoms with Crippen molar-refractivity contribution in [2.24, 2.45) is 0 Å². The lowest BCUT2D eigenvalue weighted by Crippen LogP contribution is -1.90. The van der Waals surface area contributed by atoms with Gasteiger partial charge in [-0.15, -0.1) is 0 Å². The number of methoxy groups -OCH3 is 1. The highest BCUT2D eigenvalue weighted by Crippen LogP contribution is 1.90. The number of aromatic nitrogens is 2. The Kier molecular flexibility index (Phi) is 0.818. The van der Waals surface area contributed by atoms with Gasteiger partial charge in [0.2, 0.25) is 0 Å². The van der Waals surface area contributed by atoms with Crippen molar-refractivity contribution in [1.82, 2.24) is 9.97 Å². The third-order valence-corrected chi connectivity index (χ3v) is 0.738. The summed E-state index contributed by atoms with van der Waals surface area (Å²) >= 11 is 0. The maximum absolute atomic E-state index is 7.32. The largest absolute Gasteiger partial charge is 0.378 e. The maximum Gasteiger partial charge on any atom is 0.115 e. The van der Waals surface area contributed by atoms with Crippen LogP contribution in [0.5, 0.6) is 0 Å². The molecule has 3 heteroatoms. The van der Waals surface area contributed by atoms with Crippen LogP contribution < -0.4 is 0 Å². The zero-order valence-electron chi connectivity index (χ0n) is 9.53. The molecular formula is C6H8N2O. The normalized spacial score (nSPS) is 20.7. The van der Waals surface area contributed by atoms with Crippen molar-refractivity contribution in [2.75, 3.05) is 7.04 Å². The Morgan fingerprint density at radius 2 is 3.00 bits per heavy atom. The van der Waals surface area contributed by atoms with E-state index in [1.165, 1.54) is 12.3 Å². The fraction of sp³-hybridized carbons (Fsp3) is 0.333. The topological polar surface area (TPSA) is 35.0 Å². The van der Waals surface area contributed by atoms with Gasteiger partial charge in [-0.2, -0.15) is 0 Å². The number of ether oxygens (including phenoxy) is 1. The standard InChI is InChI=1S/C6H8N2O/c1-9-4-6-2-3-7-5-8-6/h2-3,5H,4H2,1H3/i1D3,4D2. The van der Waals surface area contributed by atoms with E-state index in [1.807, 2.05) is 0 Å². The quantitative estimate of drug-likeness (QED) is 0.587. The number of nitrogens with zero attached hydrogens (tertiary/aromatic N) is 2. The lowest BCUT2D eigenvalue weighted by molar-refractivity contribution is 0.181. The molecule has 0 aliphatic heterocycles. The molecule has 0 aliphatic rings. The van der Waals surface area contributed by atoms with Gasteiger partial charge in [-0.1, -0.05) is 0 Å². The summed E-state index contributed by atoms with van der Waals surface area (Å²) < 4.78 is 39.2. The van der Waals surface area contributed by atoms with Gasteiger partial charge in [-0.05, 0) is 6.07 Å². The Bertz CT molecular complexity index is 299. The average Bonchev–Trinajstić information content (AvgIpc) is 2.01. The number of rotatable bonds is 2. The van der Waals surface area contributed by atoms with E-state index in [0.29, 0.717) is 0 Å². The highest BCUT2D eigenvalue weighted by atomic mass is 16.5. The van der Waals surface area contributed by atoms with Gasteiger partial charge in [0.1, 0.15) is 6.33 Å². The van der Waals surface area contributed by atoms with Crippen molar-refractivity contribution < 1.29 is 11.6 Å². The van der Waals surface area contributed by atoms with E-state index in [1.54, 1.807) is 0 Å². The Morgan fingerprint density at radius 1 is 2.00 bits per heavy atom. The van der Waals surface area contributed by atoms with Crippen LogP contribution in [0.2, 0.25) is 0 Å². The second-order valence-electron chi connectivity index (χ2n) is 1.30. The highest BCUT2D eigenvalue weighted by Gasteiger charge is 1.87. The fourth-order valence-corrected chi connectivity index (χ4v) is 0.403. The molecule has 0 spiro atoms. The number of hydrogen-bond donors (Lipinski definition) is 0. The van der Waals surface area contributed by atoms with Gasteiger partial charge in [0.25, 0.3) is 0 Å². The van der Waals surface area contributed by atoms with Crippen LogP contribution in [0, 0.1) is 0 Å². The summed E-state index contributed by atoms with van der Waals surface area (Å²) in [6.45, 7) is -2.44. The van der Waals surface area contributed by atoms with Crippen LogP contribution in [0.15, 0.2) is 18.6 Å². The summed E-state index contributed by atoms with van der Waals surface area (Å²) in [5, 5.41) is 0. The first-order chi connectivity index (χ1) is 6.31. The second kappa shape index (κ2) is 3.14. The zero-order valence-corrected chi connectivity index (χ0v) is 4.53. The maximum atomic E-state index is 7.32. The van der Waals surface area contributed by atoms with Gasteiger partial charge in [0.15, 0.2) is 0 Å². The molecule has 0 amide bonds. The summed E-state index contributed by atoms with van der Waals surface area (Å²) in [6, 6.07) is 1.26. The van der Waals surface area contributed by atoms with Crippen molar-refractivity contribution in [3.63, 3.8) is 0 Å². The molecule has 9 heavy (non-hydrogen) atoms. The van der Waals surface area contributed by atoms with Crippen LogP contribution in [-0.2, 0) is 11.3 Å². The lowest BCUT2D eigenvalue weighted by Gasteiger charge is -1.93. The van der Waals surface area contributed by atoms with Crippen LogP contribution in [-0.4, -0.2) is 17.0 Å². The van der Waals surface area contributed by atoms with Gasteiger partial charge in [0, 0.05) is 13.2 Å². The van der Waals surface area contributed by atoms with Gasteiger partial charge in [0.05, 0.1) is 19.1 Å². The van der Waals surface area contributed by atoms with E-state index in [2.05, 4.69) is 14.7 Å². The first-order valence-corrected chi connectivity index (χ1v) is 2.28. The van der Waals surface area contributed by atoms with Crippen LogP contribution in [0.4, 0.5) is 0 Å². The molecule has 0 saturated heterocycles. The first-order valence-electron chi connectivity index (χ1n) is 4.78. The van der Waals surface area contributed by atoms with Crippen molar-refractivity contribution in [1.29, 1.82) is 0 Å². The molecule has 0 atom stereocenters. The minimum Gasteiger partial charge on any atom is -0.378 e. The van der Waals surface area contributed by atoms with E-state index >= 15 is 0 Å². The van der Waals surface area contributed by atoms with E-state index in [9.17, 15) is 0 Å². The smallest absolute Gasteiger partial charge is 0.115 e. The molecule has 3 nitrogen and oxygen atoms in total. The van der Waals surface area contributed by atoms with Crippen LogP contribution >= 0.6 is 0 Å². The molecule has 48 valence electrons. The zero-order chi connectivity index (χ0) is 10.8. The van der Waals surface area contributed by atoms with Crippen molar-refractivity contribution in [3.8, 4) is 0 Å². The Morgan fingerprint density at radius 3 is 3.67 bits per heavy atom. The first kappa shape index (κ1) is 2.34. The van der Waals surface area contributed by atoms with Gasteiger partial charge in [-0.3, -0.25) is 0 Å². The second-order valence-corrected chi connectivity index (χ2v) is 1.30. The van der Waals surface area contributed by atoms with Crippen molar-refractivity contribution in [3.05, 3.63) is 24.3 Å². The Balaban J connectivity index is 2.86. The van der Waals surface area contributed by atoms with Crippen molar-refractivity contribution >= 4 is 0 Å². The molecule has 1 rings (SSSR count). The van der Waals surface area contributed by atoms with Crippen LogP contribution in [0.1, 0.15) is 12.5 Å². The molecule has 1 aromatic rings. The molecule has 0 fully saturated rings. The van der Waals surface area contributed by atoms with Gasteiger partial charge in [-0.25, -0.2) is 9.97 Å². The van der Waals surface area contributed by atoms with E-state index in [4.69, 9.17) is 6.85 Å². The predicted octanol–water partition coefficient (Wildman–Crippen LogP) is 0.623. The summed E-state index contributed by atoms with van der Waals surface area (Å²) in [4.78, 5) is 7.15. The Labute approximate surface area is 60.7 Å². The van der Waals surface area contributed by atoms with Gasteiger partial charge < -0.3 is 4.74 Å². The lowest BCUT2D eigenvalue weighted by atomic mass is 10.4. The summed E-state index contributed by atoms with van der Waals surface area (Å²) in [7, 11) is -2.80. The minimum atomic E-state index is -2.80. The van der Waals surface area contributed by atoms with Crippen LogP contribution in [0.25, 0.3) is 0 Å². The molecule has 0 unspecified atom stereocenters. The predicted molar refractivity (Wildman–Crippen MR) is 32.7 cm³/mol. The molecule has 0 saturated carbocycles. The monoisotopic (exact) mass is 129 g/mol. The van der Waals surface area contributed by atoms with E-state index < -0.39 is 13.6 Å². The highest BCUT2D eigenvalue weighted by molar-refractivity contribution is 4.95. The third-order valence-electron chi connectivity index (χ3n) is 0.738. The molecule has 1 aromatic heterocycles. The SMILES string of the molecule is [2H]C([2H])([2H])OC([2H])([2H])c1ccncn1. The molecule has 0 N–H and O–H groups in total. The third kappa shape index (κ3) is 1.77. The summed E-state index contributed by atoms with van der Waals surface area (Å²) in [6.07, 6.45) is 2.43. The fourth-order valence-electron chi connectivity index (χ4n) is 0.403.